The highest BCUT2D eigenvalue weighted by molar-refractivity contribution is 7.09. The van der Waals surface area contributed by atoms with E-state index in [1.807, 2.05) is 24.4 Å². The molecule has 0 bridgehead atoms. The Morgan fingerprint density at radius 1 is 1.25 bits per heavy atom. The van der Waals surface area contributed by atoms with Crippen molar-refractivity contribution in [3.05, 3.63) is 34.2 Å². The molecule has 0 aliphatic heterocycles. The van der Waals surface area contributed by atoms with Crippen molar-refractivity contribution in [2.45, 2.75) is 83.8 Å². The summed E-state index contributed by atoms with van der Waals surface area (Å²) < 4.78 is 4.94. The van der Waals surface area contributed by atoms with Gasteiger partial charge >= 0.3 is 0 Å². The van der Waals surface area contributed by atoms with Crippen LogP contribution in [0, 0.1) is 6.92 Å². The van der Waals surface area contributed by atoms with Crippen molar-refractivity contribution < 1.29 is 18.9 Å². The standard InChI is InChI=1S/C23H32N4O4S/c1-3-19(23(30)24-17-8-5-4-6-9-17)27(15-18-10-7-13-32-18)22(29)12-11-21(28)25-20-14-16(2)31-26-20/h7,10,13-14,17,19H,3-6,8-9,11-12,15H2,1-2H3,(H,24,30)(H,25,26,28)/t19-/m0/s1. The third-order valence-corrected chi connectivity index (χ3v) is 6.57. The Morgan fingerprint density at radius 3 is 2.66 bits per heavy atom. The zero-order valence-corrected chi connectivity index (χ0v) is 19.6. The average molecular weight is 461 g/mol. The summed E-state index contributed by atoms with van der Waals surface area (Å²) >= 11 is 1.55. The van der Waals surface area contributed by atoms with Gasteiger partial charge in [0.1, 0.15) is 11.8 Å². The molecule has 1 aliphatic carbocycles. The first-order valence-corrected chi connectivity index (χ1v) is 12.2. The van der Waals surface area contributed by atoms with E-state index < -0.39 is 6.04 Å². The maximum absolute atomic E-state index is 13.2. The number of aromatic nitrogens is 1. The first-order chi connectivity index (χ1) is 15.5. The van der Waals surface area contributed by atoms with E-state index in [9.17, 15) is 14.4 Å². The van der Waals surface area contributed by atoms with Gasteiger partial charge in [-0.2, -0.15) is 0 Å². The van der Waals surface area contributed by atoms with Gasteiger partial charge in [-0.25, -0.2) is 0 Å². The Kier molecular flexibility index (Phi) is 8.84. The fraction of sp³-hybridized carbons (Fsp3) is 0.565. The van der Waals surface area contributed by atoms with Crippen LogP contribution in [0.4, 0.5) is 5.82 Å². The molecule has 0 spiro atoms. The molecule has 2 heterocycles. The van der Waals surface area contributed by atoms with Gasteiger partial charge in [0.25, 0.3) is 0 Å². The van der Waals surface area contributed by atoms with Gasteiger partial charge in [0.2, 0.25) is 17.7 Å². The predicted octanol–water partition coefficient (Wildman–Crippen LogP) is 4.02. The minimum absolute atomic E-state index is 0.00631. The number of thiophene rings is 1. The molecule has 8 nitrogen and oxygen atoms in total. The number of rotatable bonds is 10. The minimum Gasteiger partial charge on any atom is -0.360 e. The Labute approximate surface area is 192 Å². The number of hydrogen-bond donors (Lipinski definition) is 2. The van der Waals surface area contributed by atoms with Gasteiger partial charge in [-0.15, -0.1) is 11.3 Å². The summed E-state index contributed by atoms with van der Waals surface area (Å²) in [7, 11) is 0. The lowest BCUT2D eigenvalue weighted by molar-refractivity contribution is -0.142. The minimum atomic E-state index is -0.562. The number of nitrogens with one attached hydrogen (secondary N) is 2. The van der Waals surface area contributed by atoms with Crippen LogP contribution in [-0.2, 0) is 20.9 Å². The van der Waals surface area contributed by atoms with Crippen molar-refractivity contribution in [1.29, 1.82) is 0 Å². The number of carbonyl (C=O) groups is 3. The second-order valence-electron chi connectivity index (χ2n) is 8.24. The van der Waals surface area contributed by atoms with Crippen LogP contribution in [0.15, 0.2) is 28.1 Å². The Hall–Kier alpha value is -2.68. The molecule has 9 heteroatoms. The molecule has 1 saturated carbocycles. The van der Waals surface area contributed by atoms with Crippen LogP contribution in [0.3, 0.4) is 0 Å². The van der Waals surface area contributed by atoms with Gasteiger partial charge in [-0.3, -0.25) is 14.4 Å². The summed E-state index contributed by atoms with van der Waals surface area (Å²) in [6.07, 6.45) is 5.97. The lowest BCUT2D eigenvalue weighted by atomic mass is 9.95. The number of nitrogens with zero attached hydrogens (tertiary/aromatic N) is 2. The molecule has 1 atom stereocenters. The van der Waals surface area contributed by atoms with Crippen molar-refractivity contribution in [3.63, 3.8) is 0 Å². The number of hydrogen-bond acceptors (Lipinski definition) is 6. The number of aryl methyl sites for hydroxylation is 1. The molecule has 32 heavy (non-hydrogen) atoms. The van der Waals surface area contributed by atoms with E-state index in [2.05, 4.69) is 15.8 Å². The largest absolute Gasteiger partial charge is 0.360 e. The van der Waals surface area contributed by atoms with Crippen LogP contribution in [0.2, 0.25) is 0 Å². The molecule has 3 amide bonds. The fourth-order valence-corrected chi connectivity index (χ4v) is 4.73. The zero-order valence-electron chi connectivity index (χ0n) is 18.8. The highest BCUT2D eigenvalue weighted by Gasteiger charge is 2.30. The molecule has 174 valence electrons. The van der Waals surface area contributed by atoms with Crippen molar-refractivity contribution in [3.8, 4) is 0 Å². The van der Waals surface area contributed by atoms with Crippen LogP contribution in [0.25, 0.3) is 0 Å². The normalized spacial score (nSPS) is 15.2. The summed E-state index contributed by atoms with van der Waals surface area (Å²) in [6, 6.07) is 5.12. The van der Waals surface area contributed by atoms with E-state index in [4.69, 9.17) is 4.52 Å². The number of anilines is 1. The molecule has 1 aliphatic rings. The van der Waals surface area contributed by atoms with Gasteiger partial charge in [0, 0.05) is 29.8 Å². The summed E-state index contributed by atoms with van der Waals surface area (Å²) in [5.74, 6) is 0.284. The second-order valence-corrected chi connectivity index (χ2v) is 9.27. The maximum atomic E-state index is 13.2. The van der Waals surface area contributed by atoms with Crippen molar-refractivity contribution in [2.24, 2.45) is 0 Å². The van der Waals surface area contributed by atoms with Gasteiger partial charge in [-0.1, -0.05) is 37.4 Å². The van der Waals surface area contributed by atoms with E-state index in [0.717, 1.165) is 30.6 Å². The number of carbonyl (C=O) groups excluding carboxylic acids is 3. The molecule has 1 fully saturated rings. The molecule has 0 radical (unpaired) electrons. The third-order valence-electron chi connectivity index (χ3n) is 5.71. The molecule has 3 rings (SSSR count). The van der Waals surface area contributed by atoms with Crippen molar-refractivity contribution >= 4 is 34.9 Å². The zero-order chi connectivity index (χ0) is 22.9. The molecule has 2 N–H and O–H groups in total. The van der Waals surface area contributed by atoms with Crippen molar-refractivity contribution in [2.75, 3.05) is 5.32 Å². The summed E-state index contributed by atoms with van der Waals surface area (Å²) in [6.45, 7) is 4.01. The van der Waals surface area contributed by atoms with Gasteiger partial charge < -0.3 is 20.1 Å². The Balaban J connectivity index is 1.63. The SMILES string of the molecule is CC[C@@H](C(=O)NC1CCCCC1)N(Cc1cccs1)C(=O)CCC(=O)Nc1cc(C)on1. The molecular formula is C23H32N4O4S. The summed E-state index contributed by atoms with van der Waals surface area (Å²) in [4.78, 5) is 41.2. The fourth-order valence-electron chi connectivity index (χ4n) is 4.03. The van der Waals surface area contributed by atoms with Gasteiger partial charge in [0.05, 0.1) is 6.54 Å². The predicted molar refractivity (Wildman–Crippen MR) is 123 cm³/mol. The summed E-state index contributed by atoms with van der Waals surface area (Å²) in [5, 5.41) is 11.5. The average Bonchev–Trinajstić information content (AvgIpc) is 3.44. The molecule has 2 aromatic heterocycles. The molecular weight excluding hydrogens is 428 g/mol. The molecule has 2 aromatic rings. The lowest BCUT2D eigenvalue weighted by Crippen LogP contribution is -2.51. The van der Waals surface area contributed by atoms with E-state index in [1.54, 1.807) is 29.2 Å². The van der Waals surface area contributed by atoms with E-state index in [-0.39, 0.29) is 36.6 Å². The van der Waals surface area contributed by atoms with E-state index in [0.29, 0.717) is 24.5 Å². The second kappa shape index (κ2) is 11.8. The van der Waals surface area contributed by atoms with Crippen LogP contribution >= 0.6 is 11.3 Å². The first-order valence-electron chi connectivity index (χ1n) is 11.3. The first kappa shape index (κ1) is 24.0. The number of amides is 3. The van der Waals surface area contributed by atoms with Crippen LogP contribution in [0.1, 0.15) is 68.9 Å². The smallest absolute Gasteiger partial charge is 0.243 e. The summed E-state index contributed by atoms with van der Waals surface area (Å²) in [5.41, 5.74) is 0. The van der Waals surface area contributed by atoms with E-state index >= 15 is 0 Å². The monoisotopic (exact) mass is 460 g/mol. The van der Waals surface area contributed by atoms with Gasteiger partial charge in [0.15, 0.2) is 5.82 Å². The van der Waals surface area contributed by atoms with Crippen LogP contribution in [-0.4, -0.2) is 39.9 Å². The Bertz CT molecular complexity index is 890. The third kappa shape index (κ3) is 6.91. The maximum Gasteiger partial charge on any atom is 0.243 e. The van der Waals surface area contributed by atoms with Crippen molar-refractivity contribution in [1.82, 2.24) is 15.4 Å². The lowest BCUT2D eigenvalue weighted by Gasteiger charge is -2.32. The van der Waals surface area contributed by atoms with E-state index in [1.165, 1.54) is 6.42 Å². The Morgan fingerprint density at radius 2 is 2.03 bits per heavy atom. The van der Waals surface area contributed by atoms with Crippen LogP contribution < -0.4 is 10.6 Å². The molecule has 0 aromatic carbocycles. The molecule has 0 unspecified atom stereocenters. The van der Waals surface area contributed by atoms with Crippen LogP contribution in [0.5, 0.6) is 0 Å². The molecule has 0 saturated heterocycles. The highest BCUT2D eigenvalue weighted by atomic mass is 32.1. The topological polar surface area (TPSA) is 105 Å². The quantitative estimate of drug-likeness (QED) is 0.557. The highest BCUT2D eigenvalue weighted by Crippen LogP contribution is 2.20. The van der Waals surface area contributed by atoms with Gasteiger partial charge in [-0.05, 0) is 37.6 Å².